The second kappa shape index (κ2) is 3.99. The van der Waals surface area contributed by atoms with E-state index in [1.807, 2.05) is 30.3 Å². The van der Waals surface area contributed by atoms with Gasteiger partial charge in [-0.1, -0.05) is 18.2 Å². The Labute approximate surface area is 101 Å². The molecule has 0 spiro atoms. The van der Waals surface area contributed by atoms with E-state index in [0.717, 1.165) is 22.4 Å². The average molecular weight is 244 g/mol. The molecule has 3 aromatic rings. The van der Waals surface area contributed by atoms with Crippen LogP contribution < -0.4 is 5.32 Å². The predicted molar refractivity (Wildman–Crippen MR) is 66.2 cm³/mol. The van der Waals surface area contributed by atoms with Crippen molar-refractivity contribution in [1.29, 1.82) is 0 Å². The number of anilines is 1. The quantitative estimate of drug-likeness (QED) is 0.726. The number of carbonyl (C=O) groups excluding carboxylic acids is 1. The van der Waals surface area contributed by atoms with Gasteiger partial charge in [0.15, 0.2) is 0 Å². The fraction of sp³-hybridized carbons (Fsp3) is 0. The van der Waals surface area contributed by atoms with E-state index in [2.05, 4.69) is 19.7 Å². The molecule has 2 heterocycles. The lowest BCUT2D eigenvalue weighted by Crippen LogP contribution is -2.11. The second-order valence-corrected chi connectivity index (χ2v) is 4.25. The highest BCUT2D eigenvalue weighted by Gasteiger charge is 2.10. The molecule has 6 heteroatoms. The van der Waals surface area contributed by atoms with Gasteiger partial charge in [-0.15, -0.1) is 0 Å². The summed E-state index contributed by atoms with van der Waals surface area (Å²) in [5.41, 5.74) is 1.45. The molecular formula is C11H8N4OS. The van der Waals surface area contributed by atoms with Gasteiger partial charge in [0.25, 0.3) is 5.91 Å². The summed E-state index contributed by atoms with van der Waals surface area (Å²) in [7, 11) is 0. The molecule has 0 aliphatic heterocycles. The maximum Gasteiger partial charge on any atom is 0.273 e. The fourth-order valence-electron chi connectivity index (χ4n) is 1.59. The minimum absolute atomic E-state index is 0.210. The van der Waals surface area contributed by atoms with E-state index in [4.69, 9.17) is 0 Å². The summed E-state index contributed by atoms with van der Waals surface area (Å²) in [5.74, 6) is -0.210. The first-order valence-corrected chi connectivity index (χ1v) is 5.76. The van der Waals surface area contributed by atoms with Crippen LogP contribution >= 0.6 is 11.5 Å². The summed E-state index contributed by atoms with van der Waals surface area (Å²) in [6.45, 7) is 0. The third-order valence-electron chi connectivity index (χ3n) is 2.36. The molecule has 1 amide bonds. The van der Waals surface area contributed by atoms with Gasteiger partial charge in [0.1, 0.15) is 12.0 Å². The molecule has 17 heavy (non-hydrogen) atoms. The number of hydrogen-bond donors (Lipinski definition) is 2. The summed E-state index contributed by atoms with van der Waals surface area (Å²) in [6, 6.07) is 9.55. The highest BCUT2D eigenvalue weighted by molar-refractivity contribution is 7.09. The standard InChI is InChI=1S/C11H8N4OS/c16-10(15-11-12-6-13-17-11)9-5-7-3-1-2-4-8(7)14-9/h1-6,14H,(H,12,13,15,16). The van der Waals surface area contributed by atoms with Crippen molar-refractivity contribution in [3.05, 3.63) is 42.4 Å². The van der Waals surface area contributed by atoms with Crippen LogP contribution in [0.1, 0.15) is 10.5 Å². The molecule has 0 aliphatic rings. The van der Waals surface area contributed by atoms with Gasteiger partial charge in [-0.3, -0.25) is 10.1 Å². The number of benzene rings is 1. The summed E-state index contributed by atoms with van der Waals surface area (Å²) in [6.07, 6.45) is 1.41. The van der Waals surface area contributed by atoms with Crippen LogP contribution in [0.5, 0.6) is 0 Å². The van der Waals surface area contributed by atoms with Gasteiger partial charge in [0.2, 0.25) is 5.13 Å². The number of fused-ring (bicyclic) bond motifs is 1. The molecule has 0 bridgehead atoms. The molecule has 5 nitrogen and oxygen atoms in total. The molecule has 2 aromatic heterocycles. The van der Waals surface area contributed by atoms with Crippen LogP contribution in [0.3, 0.4) is 0 Å². The third-order valence-corrected chi connectivity index (χ3v) is 2.94. The van der Waals surface area contributed by atoms with Crippen molar-refractivity contribution in [2.45, 2.75) is 0 Å². The Kier molecular flexibility index (Phi) is 2.34. The Bertz CT molecular complexity index is 626. The Balaban J connectivity index is 1.90. The molecule has 2 N–H and O–H groups in total. The number of aromatic amines is 1. The van der Waals surface area contributed by atoms with Crippen molar-refractivity contribution in [2.24, 2.45) is 0 Å². The lowest BCUT2D eigenvalue weighted by molar-refractivity contribution is 0.102. The number of para-hydroxylation sites is 1. The zero-order chi connectivity index (χ0) is 11.7. The molecule has 84 valence electrons. The van der Waals surface area contributed by atoms with Crippen LogP contribution in [0.15, 0.2) is 36.7 Å². The van der Waals surface area contributed by atoms with E-state index < -0.39 is 0 Å². The Morgan fingerprint density at radius 3 is 3.00 bits per heavy atom. The molecule has 0 fully saturated rings. The van der Waals surface area contributed by atoms with E-state index in [1.54, 1.807) is 0 Å². The van der Waals surface area contributed by atoms with Crippen LogP contribution in [0.4, 0.5) is 5.13 Å². The van der Waals surface area contributed by atoms with Gasteiger partial charge in [-0.05, 0) is 12.1 Å². The zero-order valence-corrected chi connectivity index (χ0v) is 9.49. The van der Waals surface area contributed by atoms with Crippen molar-refractivity contribution < 1.29 is 4.79 Å². The minimum Gasteiger partial charge on any atom is -0.351 e. The predicted octanol–water partition coefficient (Wildman–Crippen LogP) is 2.27. The van der Waals surface area contributed by atoms with Crippen molar-refractivity contribution in [3.63, 3.8) is 0 Å². The Hall–Kier alpha value is -2.21. The van der Waals surface area contributed by atoms with E-state index in [0.29, 0.717) is 10.8 Å². The highest BCUT2D eigenvalue weighted by Crippen LogP contribution is 2.16. The zero-order valence-electron chi connectivity index (χ0n) is 8.68. The van der Waals surface area contributed by atoms with Crippen molar-refractivity contribution in [1.82, 2.24) is 14.3 Å². The summed E-state index contributed by atoms with van der Waals surface area (Å²) in [4.78, 5) is 18.8. The first-order chi connectivity index (χ1) is 8.33. The SMILES string of the molecule is O=C(Nc1ncns1)c1cc2ccccc2[nH]1. The molecule has 3 rings (SSSR count). The van der Waals surface area contributed by atoms with Gasteiger partial charge in [-0.2, -0.15) is 4.37 Å². The van der Waals surface area contributed by atoms with Crippen LogP contribution in [0.25, 0.3) is 10.9 Å². The molecule has 0 saturated carbocycles. The van der Waals surface area contributed by atoms with Crippen molar-refractivity contribution >= 4 is 33.5 Å². The van der Waals surface area contributed by atoms with Crippen molar-refractivity contribution in [3.8, 4) is 0 Å². The summed E-state index contributed by atoms with van der Waals surface area (Å²) < 4.78 is 3.82. The molecule has 0 aliphatic carbocycles. The lowest BCUT2D eigenvalue weighted by atomic mass is 10.2. The largest absolute Gasteiger partial charge is 0.351 e. The normalized spacial score (nSPS) is 10.6. The maximum atomic E-state index is 11.9. The van der Waals surface area contributed by atoms with E-state index in [9.17, 15) is 4.79 Å². The molecular weight excluding hydrogens is 236 g/mol. The number of carbonyl (C=O) groups is 1. The smallest absolute Gasteiger partial charge is 0.273 e. The number of amides is 1. The van der Waals surface area contributed by atoms with Gasteiger partial charge in [0, 0.05) is 22.4 Å². The van der Waals surface area contributed by atoms with Crippen LogP contribution in [-0.4, -0.2) is 20.2 Å². The number of nitrogens with one attached hydrogen (secondary N) is 2. The first kappa shape index (κ1) is 9.98. The van der Waals surface area contributed by atoms with E-state index in [1.165, 1.54) is 6.33 Å². The molecule has 0 radical (unpaired) electrons. The number of rotatable bonds is 2. The third kappa shape index (κ3) is 1.90. The van der Waals surface area contributed by atoms with E-state index >= 15 is 0 Å². The fourth-order valence-corrected chi connectivity index (χ4v) is 2.02. The lowest BCUT2D eigenvalue weighted by Gasteiger charge is -1.96. The Morgan fingerprint density at radius 1 is 1.35 bits per heavy atom. The number of nitrogens with zero attached hydrogens (tertiary/aromatic N) is 2. The summed E-state index contributed by atoms with van der Waals surface area (Å²) >= 11 is 1.15. The minimum atomic E-state index is -0.210. The van der Waals surface area contributed by atoms with Crippen molar-refractivity contribution in [2.75, 3.05) is 5.32 Å². The van der Waals surface area contributed by atoms with Gasteiger partial charge >= 0.3 is 0 Å². The highest BCUT2D eigenvalue weighted by atomic mass is 32.1. The number of aromatic nitrogens is 3. The molecule has 1 aromatic carbocycles. The first-order valence-electron chi connectivity index (χ1n) is 4.99. The van der Waals surface area contributed by atoms with Gasteiger partial charge in [0.05, 0.1) is 0 Å². The number of H-pyrrole nitrogens is 1. The second-order valence-electron chi connectivity index (χ2n) is 3.47. The van der Waals surface area contributed by atoms with Crippen LogP contribution in [0, 0.1) is 0 Å². The monoisotopic (exact) mass is 244 g/mol. The average Bonchev–Trinajstić information content (AvgIpc) is 2.96. The van der Waals surface area contributed by atoms with Crippen LogP contribution in [0.2, 0.25) is 0 Å². The number of hydrogen-bond acceptors (Lipinski definition) is 4. The molecule has 0 unspecified atom stereocenters. The Morgan fingerprint density at radius 2 is 2.24 bits per heavy atom. The van der Waals surface area contributed by atoms with Gasteiger partial charge in [-0.25, -0.2) is 4.98 Å². The topological polar surface area (TPSA) is 70.7 Å². The maximum absolute atomic E-state index is 11.9. The molecule has 0 atom stereocenters. The van der Waals surface area contributed by atoms with E-state index in [-0.39, 0.29) is 5.91 Å². The van der Waals surface area contributed by atoms with Gasteiger partial charge < -0.3 is 4.98 Å². The summed E-state index contributed by atoms with van der Waals surface area (Å²) in [5, 5.41) is 4.18. The molecule has 0 saturated heterocycles. The van der Waals surface area contributed by atoms with Crippen LogP contribution in [-0.2, 0) is 0 Å².